The first-order chi connectivity index (χ1) is 8.44. The van der Waals surface area contributed by atoms with Crippen LogP contribution in [0.2, 0.25) is 5.02 Å². The molecule has 1 rings (SSSR count). The molecule has 4 nitrogen and oxygen atoms in total. The molecule has 2 N–H and O–H groups in total. The number of benzene rings is 1. The predicted octanol–water partition coefficient (Wildman–Crippen LogP) is 2.30. The van der Waals surface area contributed by atoms with Crippen LogP contribution in [0.4, 0.5) is 0 Å². The van der Waals surface area contributed by atoms with Crippen LogP contribution >= 0.6 is 11.6 Å². The summed E-state index contributed by atoms with van der Waals surface area (Å²) >= 11 is 5.91. The third kappa shape index (κ3) is 3.68. The van der Waals surface area contributed by atoms with Crippen LogP contribution < -0.4 is 4.72 Å². The van der Waals surface area contributed by atoms with Crippen LogP contribution in [0.15, 0.2) is 23.1 Å². The highest BCUT2D eigenvalue weighted by Crippen LogP contribution is 2.23. The van der Waals surface area contributed by atoms with Gasteiger partial charge in [0.05, 0.1) is 11.6 Å². The Labute approximate surface area is 113 Å². The second-order valence-corrected chi connectivity index (χ2v) is 6.15. The second-order valence-electron chi connectivity index (χ2n) is 4.06. The molecule has 0 unspecified atom stereocenters. The van der Waals surface area contributed by atoms with Crippen molar-refractivity contribution in [3.63, 3.8) is 0 Å². The normalized spacial score (nSPS) is 12.1. The number of halogens is 1. The summed E-state index contributed by atoms with van der Waals surface area (Å²) in [6.45, 7) is 3.62. The molecule has 0 saturated carbocycles. The average Bonchev–Trinajstić information content (AvgIpc) is 2.36. The Hall–Kier alpha value is -0.620. The zero-order chi connectivity index (χ0) is 13.8. The van der Waals surface area contributed by atoms with E-state index in [-0.39, 0.29) is 22.6 Å². The van der Waals surface area contributed by atoms with Crippen molar-refractivity contribution in [3.05, 3.63) is 28.8 Å². The number of rotatable bonds is 6. The van der Waals surface area contributed by atoms with Crippen molar-refractivity contribution in [2.24, 2.45) is 0 Å². The van der Waals surface area contributed by atoms with E-state index in [1.54, 1.807) is 6.07 Å². The minimum atomic E-state index is -3.64. The number of nitrogens with one attached hydrogen (secondary N) is 1. The quantitative estimate of drug-likeness (QED) is 0.845. The van der Waals surface area contributed by atoms with Gasteiger partial charge in [0.2, 0.25) is 10.0 Å². The van der Waals surface area contributed by atoms with E-state index in [0.717, 1.165) is 0 Å². The van der Waals surface area contributed by atoms with Gasteiger partial charge in [-0.05, 0) is 30.5 Å². The third-order valence-corrected chi connectivity index (χ3v) is 4.78. The highest BCUT2D eigenvalue weighted by Gasteiger charge is 2.21. The summed E-state index contributed by atoms with van der Waals surface area (Å²) in [5, 5.41) is 9.19. The smallest absolute Gasteiger partial charge is 0.242 e. The predicted molar refractivity (Wildman–Crippen MR) is 72.1 cm³/mol. The Bertz CT molecular complexity index is 498. The van der Waals surface area contributed by atoms with E-state index in [1.807, 2.05) is 13.8 Å². The van der Waals surface area contributed by atoms with Gasteiger partial charge in [0.15, 0.2) is 0 Å². The van der Waals surface area contributed by atoms with Crippen molar-refractivity contribution in [1.82, 2.24) is 4.72 Å². The summed E-state index contributed by atoms with van der Waals surface area (Å²) in [6, 6.07) is 4.36. The first-order valence-corrected chi connectivity index (χ1v) is 7.72. The van der Waals surface area contributed by atoms with E-state index < -0.39 is 10.0 Å². The topological polar surface area (TPSA) is 66.4 Å². The molecule has 0 bridgehead atoms. The molecule has 0 aliphatic rings. The van der Waals surface area contributed by atoms with Crippen LogP contribution in [-0.4, -0.2) is 19.6 Å². The molecule has 1 aromatic rings. The van der Waals surface area contributed by atoms with Crippen LogP contribution in [0.5, 0.6) is 0 Å². The number of sulfonamides is 1. The van der Waals surface area contributed by atoms with Crippen LogP contribution in [0.25, 0.3) is 0 Å². The minimum absolute atomic E-state index is 0.0163. The molecule has 0 saturated heterocycles. The van der Waals surface area contributed by atoms with Crippen LogP contribution in [0.1, 0.15) is 32.3 Å². The Morgan fingerprint density at radius 3 is 2.44 bits per heavy atom. The number of hydrogen-bond acceptors (Lipinski definition) is 3. The van der Waals surface area contributed by atoms with Crippen LogP contribution in [-0.2, 0) is 16.6 Å². The standard InChI is InChI=1S/C12H18ClNO3S/c1-3-10(4-2)14-18(16,17)12-7-9(8-15)5-6-11(12)13/h5-7,10,14-15H,3-4,8H2,1-2H3. The summed E-state index contributed by atoms with van der Waals surface area (Å²) in [5.74, 6) is 0. The first-order valence-electron chi connectivity index (χ1n) is 5.86. The van der Waals surface area contributed by atoms with E-state index in [9.17, 15) is 8.42 Å². The van der Waals surface area contributed by atoms with Gasteiger partial charge in [0.1, 0.15) is 4.90 Å². The lowest BCUT2D eigenvalue weighted by Crippen LogP contribution is -2.34. The maximum Gasteiger partial charge on any atom is 0.242 e. The highest BCUT2D eigenvalue weighted by molar-refractivity contribution is 7.89. The first kappa shape index (κ1) is 15.4. The molecule has 0 radical (unpaired) electrons. The minimum Gasteiger partial charge on any atom is -0.392 e. The van der Waals surface area contributed by atoms with Crippen LogP contribution in [0.3, 0.4) is 0 Å². The van der Waals surface area contributed by atoms with E-state index in [2.05, 4.69) is 4.72 Å². The van der Waals surface area contributed by atoms with Gasteiger partial charge in [-0.25, -0.2) is 13.1 Å². The van der Waals surface area contributed by atoms with Gasteiger partial charge >= 0.3 is 0 Å². The maximum absolute atomic E-state index is 12.2. The SMILES string of the molecule is CCC(CC)NS(=O)(=O)c1cc(CO)ccc1Cl. The maximum atomic E-state index is 12.2. The van der Waals surface area contributed by atoms with Crippen molar-refractivity contribution in [1.29, 1.82) is 0 Å². The summed E-state index contributed by atoms with van der Waals surface area (Å²) in [6.07, 6.45) is 1.43. The van der Waals surface area contributed by atoms with E-state index in [1.165, 1.54) is 12.1 Å². The Balaban J connectivity index is 3.11. The number of aliphatic hydroxyl groups excluding tert-OH is 1. The third-order valence-electron chi connectivity index (χ3n) is 2.78. The molecule has 0 aliphatic heterocycles. The number of hydrogen-bond donors (Lipinski definition) is 2. The Morgan fingerprint density at radius 2 is 1.94 bits per heavy atom. The monoisotopic (exact) mass is 291 g/mol. The molecule has 0 aliphatic carbocycles. The summed E-state index contributed by atoms with van der Waals surface area (Å²) < 4.78 is 27.0. The van der Waals surface area contributed by atoms with Gasteiger partial charge < -0.3 is 5.11 Å². The van der Waals surface area contributed by atoms with Gasteiger partial charge in [-0.2, -0.15) is 0 Å². The zero-order valence-corrected chi connectivity index (χ0v) is 12.1. The fourth-order valence-corrected chi connectivity index (χ4v) is 3.54. The van der Waals surface area contributed by atoms with Gasteiger partial charge in [-0.15, -0.1) is 0 Å². The van der Waals surface area contributed by atoms with Crippen molar-refractivity contribution in [2.45, 2.75) is 44.2 Å². The van der Waals surface area contributed by atoms with E-state index in [0.29, 0.717) is 18.4 Å². The summed E-state index contributed by atoms with van der Waals surface area (Å²) in [4.78, 5) is 0.0163. The van der Waals surface area contributed by atoms with Crippen molar-refractivity contribution >= 4 is 21.6 Å². The van der Waals surface area contributed by atoms with E-state index in [4.69, 9.17) is 16.7 Å². The molecule has 102 valence electrons. The average molecular weight is 292 g/mol. The van der Waals surface area contributed by atoms with Crippen molar-refractivity contribution in [2.75, 3.05) is 0 Å². The molecule has 0 heterocycles. The Kier molecular flexibility index (Phi) is 5.59. The molecule has 0 fully saturated rings. The molecule has 0 spiro atoms. The summed E-state index contributed by atoms with van der Waals surface area (Å²) in [5.41, 5.74) is 0.518. The van der Waals surface area contributed by atoms with Crippen molar-refractivity contribution in [3.8, 4) is 0 Å². The van der Waals surface area contributed by atoms with Gasteiger partial charge in [-0.3, -0.25) is 0 Å². The van der Waals surface area contributed by atoms with Gasteiger partial charge in [-0.1, -0.05) is 31.5 Å². The second kappa shape index (κ2) is 6.52. The fraction of sp³-hybridized carbons (Fsp3) is 0.500. The fourth-order valence-electron chi connectivity index (χ4n) is 1.59. The Morgan fingerprint density at radius 1 is 1.33 bits per heavy atom. The lowest BCUT2D eigenvalue weighted by molar-refractivity contribution is 0.281. The largest absolute Gasteiger partial charge is 0.392 e. The molecular formula is C12H18ClNO3S. The lowest BCUT2D eigenvalue weighted by Gasteiger charge is -2.16. The molecule has 6 heteroatoms. The molecule has 18 heavy (non-hydrogen) atoms. The van der Waals surface area contributed by atoms with Gasteiger partial charge in [0, 0.05) is 6.04 Å². The highest BCUT2D eigenvalue weighted by atomic mass is 35.5. The van der Waals surface area contributed by atoms with Crippen LogP contribution in [0, 0.1) is 0 Å². The summed E-state index contributed by atoms with van der Waals surface area (Å²) in [7, 11) is -3.64. The lowest BCUT2D eigenvalue weighted by atomic mass is 10.2. The molecule has 0 atom stereocenters. The number of aliphatic hydroxyl groups is 1. The van der Waals surface area contributed by atoms with Gasteiger partial charge in [0.25, 0.3) is 0 Å². The molecule has 0 aromatic heterocycles. The molecular weight excluding hydrogens is 274 g/mol. The van der Waals surface area contributed by atoms with E-state index >= 15 is 0 Å². The molecule has 0 amide bonds. The molecule has 1 aromatic carbocycles. The van der Waals surface area contributed by atoms with Crippen molar-refractivity contribution < 1.29 is 13.5 Å². The zero-order valence-electron chi connectivity index (χ0n) is 10.5.